The highest BCUT2D eigenvalue weighted by atomic mass is 19.1. The number of hydrogen-bond donors (Lipinski definition) is 1. The van der Waals surface area contributed by atoms with Gasteiger partial charge in [-0.05, 0) is 42.5 Å². The standard InChI is InChI=1S/C13H15FN2/c14-11-4-10(6-15-7-11)12-3-1-2-9-5-16-8-13(9)12/h3-4,6-7,9,13,16H,1-2,5,8H2/t9-,13+/m0/s1. The number of rotatable bonds is 1. The van der Waals surface area contributed by atoms with E-state index in [2.05, 4.69) is 16.4 Å². The first-order valence-corrected chi connectivity index (χ1v) is 5.86. The van der Waals surface area contributed by atoms with Crippen LogP contribution >= 0.6 is 0 Å². The Labute approximate surface area is 94.6 Å². The van der Waals surface area contributed by atoms with Crippen molar-refractivity contribution in [1.29, 1.82) is 0 Å². The first-order valence-electron chi connectivity index (χ1n) is 5.86. The van der Waals surface area contributed by atoms with Crippen molar-refractivity contribution in [1.82, 2.24) is 10.3 Å². The molecule has 0 unspecified atom stereocenters. The van der Waals surface area contributed by atoms with Crippen molar-refractivity contribution in [3.63, 3.8) is 0 Å². The fourth-order valence-corrected chi connectivity index (χ4v) is 2.91. The number of fused-ring (bicyclic) bond motifs is 1. The van der Waals surface area contributed by atoms with Crippen LogP contribution in [-0.4, -0.2) is 18.1 Å². The summed E-state index contributed by atoms with van der Waals surface area (Å²) in [5, 5.41) is 3.42. The van der Waals surface area contributed by atoms with Crippen molar-refractivity contribution in [3.8, 4) is 0 Å². The molecule has 2 atom stereocenters. The second-order valence-corrected chi connectivity index (χ2v) is 4.65. The Bertz CT molecular complexity index is 428. The lowest BCUT2D eigenvalue weighted by Crippen LogP contribution is -2.18. The molecule has 3 heteroatoms. The van der Waals surface area contributed by atoms with Crippen molar-refractivity contribution in [2.45, 2.75) is 12.8 Å². The molecule has 1 N–H and O–H groups in total. The zero-order valence-corrected chi connectivity index (χ0v) is 9.12. The predicted octanol–water partition coefficient (Wildman–Crippen LogP) is 2.23. The molecular formula is C13H15FN2. The molecule has 2 aliphatic rings. The second kappa shape index (κ2) is 3.98. The van der Waals surface area contributed by atoms with Gasteiger partial charge in [0.2, 0.25) is 0 Å². The quantitative estimate of drug-likeness (QED) is 0.782. The van der Waals surface area contributed by atoms with Crippen LogP contribution in [0.3, 0.4) is 0 Å². The molecule has 1 fully saturated rings. The van der Waals surface area contributed by atoms with E-state index >= 15 is 0 Å². The number of halogens is 1. The van der Waals surface area contributed by atoms with Crippen LogP contribution in [0.2, 0.25) is 0 Å². The number of pyridine rings is 1. The molecule has 0 bridgehead atoms. The van der Waals surface area contributed by atoms with Gasteiger partial charge in [0, 0.05) is 18.7 Å². The van der Waals surface area contributed by atoms with Crippen LogP contribution < -0.4 is 5.32 Å². The normalized spacial score (nSPS) is 28.7. The number of hydrogen-bond acceptors (Lipinski definition) is 2. The molecular weight excluding hydrogens is 203 g/mol. The van der Waals surface area contributed by atoms with Crippen molar-refractivity contribution in [2.75, 3.05) is 13.1 Å². The van der Waals surface area contributed by atoms with E-state index in [-0.39, 0.29) is 5.82 Å². The Balaban J connectivity index is 1.96. The largest absolute Gasteiger partial charge is 0.316 e. The zero-order chi connectivity index (χ0) is 11.0. The number of nitrogens with one attached hydrogen (secondary N) is 1. The molecule has 84 valence electrons. The van der Waals surface area contributed by atoms with Crippen LogP contribution in [0.25, 0.3) is 5.57 Å². The second-order valence-electron chi connectivity index (χ2n) is 4.65. The van der Waals surface area contributed by atoms with Gasteiger partial charge in [0.25, 0.3) is 0 Å². The molecule has 3 rings (SSSR count). The molecule has 2 heterocycles. The van der Waals surface area contributed by atoms with Gasteiger partial charge in [0.05, 0.1) is 6.20 Å². The Morgan fingerprint density at radius 2 is 2.25 bits per heavy atom. The van der Waals surface area contributed by atoms with E-state index in [9.17, 15) is 4.39 Å². The fourth-order valence-electron chi connectivity index (χ4n) is 2.91. The molecule has 0 aromatic carbocycles. The summed E-state index contributed by atoms with van der Waals surface area (Å²) in [6, 6.07) is 1.60. The van der Waals surface area contributed by atoms with Crippen molar-refractivity contribution in [3.05, 3.63) is 35.9 Å². The Morgan fingerprint density at radius 1 is 1.31 bits per heavy atom. The maximum absolute atomic E-state index is 13.2. The van der Waals surface area contributed by atoms with E-state index in [1.807, 2.05) is 0 Å². The van der Waals surface area contributed by atoms with Crippen LogP contribution in [0.4, 0.5) is 4.39 Å². The Kier molecular flexibility index (Phi) is 2.48. The highest BCUT2D eigenvalue weighted by molar-refractivity contribution is 5.68. The SMILES string of the molecule is Fc1cncc(C2=CCC[C@H]3CNC[C@@H]23)c1. The zero-order valence-electron chi connectivity index (χ0n) is 9.12. The molecule has 0 spiro atoms. The summed E-state index contributed by atoms with van der Waals surface area (Å²) in [5.41, 5.74) is 2.24. The van der Waals surface area contributed by atoms with Crippen LogP contribution in [0, 0.1) is 17.7 Å². The fraction of sp³-hybridized carbons (Fsp3) is 0.462. The topological polar surface area (TPSA) is 24.9 Å². The minimum Gasteiger partial charge on any atom is -0.316 e. The van der Waals surface area contributed by atoms with Gasteiger partial charge in [-0.25, -0.2) is 4.39 Å². The van der Waals surface area contributed by atoms with Gasteiger partial charge in [-0.2, -0.15) is 0 Å². The molecule has 1 aliphatic carbocycles. The van der Waals surface area contributed by atoms with E-state index in [0.717, 1.165) is 31.0 Å². The van der Waals surface area contributed by atoms with E-state index in [0.29, 0.717) is 5.92 Å². The van der Waals surface area contributed by atoms with Crippen LogP contribution in [0.5, 0.6) is 0 Å². The number of nitrogens with zero attached hydrogens (tertiary/aromatic N) is 1. The van der Waals surface area contributed by atoms with Gasteiger partial charge < -0.3 is 5.32 Å². The lowest BCUT2D eigenvalue weighted by atomic mass is 9.78. The molecule has 1 aromatic heterocycles. The minimum absolute atomic E-state index is 0.244. The smallest absolute Gasteiger partial charge is 0.142 e. The molecule has 0 saturated carbocycles. The van der Waals surface area contributed by atoms with Crippen LogP contribution in [-0.2, 0) is 0 Å². The molecule has 0 radical (unpaired) electrons. The summed E-state index contributed by atoms with van der Waals surface area (Å²) in [7, 11) is 0. The summed E-state index contributed by atoms with van der Waals surface area (Å²) in [6.45, 7) is 2.12. The summed E-state index contributed by atoms with van der Waals surface area (Å²) >= 11 is 0. The molecule has 2 nitrogen and oxygen atoms in total. The molecule has 1 aromatic rings. The minimum atomic E-state index is -0.244. The maximum atomic E-state index is 13.2. The van der Waals surface area contributed by atoms with Crippen molar-refractivity contribution < 1.29 is 4.39 Å². The van der Waals surface area contributed by atoms with Gasteiger partial charge in [-0.3, -0.25) is 4.98 Å². The Morgan fingerprint density at radius 3 is 3.12 bits per heavy atom. The monoisotopic (exact) mass is 218 g/mol. The predicted molar refractivity (Wildman–Crippen MR) is 61.3 cm³/mol. The summed E-state index contributed by atoms with van der Waals surface area (Å²) in [5.74, 6) is 1.03. The Hall–Kier alpha value is -1.22. The van der Waals surface area contributed by atoms with Gasteiger partial charge in [-0.15, -0.1) is 0 Å². The summed E-state index contributed by atoms with van der Waals surface area (Å²) in [6.07, 6.45) is 7.65. The van der Waals surface area contributed by atoms with Crippen LogP contribution in [0.15, 0.2) is 24.5 Å². The lowest BCUT2D eigenvalue weighted by molar-refractivity contribution is 0.454. The highest BCUT2D eigenvalue weighted by Gasteiger charge is 2.32. The van der Waals surface area contributed by atoms with Gasteiger partial charge >= 0.3 is 0 Å². The average Bonchev–Trinajstić information content (AvgIpc) is 2.76. The van der Waals surface area contributed by atoms with E-state index < -0.39 is 0 Å². The first-order chi connectivity index (χ1) is 7.84. The third-order valence-electron chi connectivity index (χ3n) is 3.68. The van der Waals surface area contributed by atoms with Crippen molar-refractivity contribution in [2.24, 2.45) is 11.8 Å². The van der Waals surface area contributed by atoms with E-state index in [1.165, 1.54) is 18.2 Å². The average molecular weight is 218 g/mol. The van der Waals surface area contributed by atoms with Crippen molar-refractivity contribution >= 4 is 5.57 Å². The molecule has 0 amide bonds. The molecule has 16 heavy (non-hydrogen) atoms. The summed E-state index contributed by atoms with van der Waals surface area (Å²) in [4.78, 5) is 3.94. The maximum Gasteiger partial charge on any atom is 0.142 e. The van der Waals surface area contributed by atoms with Crippen LogP contribution in [0.1, 0.15) is 18.4 Å². The molecule has 1 saturated heterocycles. The summed E-state index contributed by atoms with van der Waals surface area (Å²) < 4.78 is 13.2. The highest BCUT2D eigenvalue weighted by Crippen LogP contribution is 2.38. The van der Waals surface area contributed by atoms with Gasteiger partial charge in [0.1, 0.15) is 5.82 Å². The third-order valence-corrected chi connectivity index (χ3v) is 3.68. The number of allylic oxidation sites excluding steroid dienone is 1. The van der Waals surface area contributed by atoms with E-state index in [1.54, 1.807) is 12.3 Å². The first kappa shape index (κ1) is 9.97. The van der Waals surface area contributed by atoms with Gasteiger partial charge in [0.15, 0.2) is 0 Å². The van der Waals surface area contributed by atoms with Gasteiger partial charge in [-0.1, -0.05) is 6.08 Å². The van der Waals surface area contributed by atoms with E-state index in [4.69, 9.17) is 0 Å². The molecule has 1 aliphatic heterocycles. The number of aromatic nitrogens is 1. The lowest BCUT2D eigenvalue weighted by Gasteiger charge is -2.26. The third kappa shape index (κ3) is 1.65.